The summed E-state index contributed by atoms with van der Waals surface area (Å²) in [6.07, 6.45) is 0. The normalized spacial score (nSPS) is 14.1. The van der Waals surface area contributed by atoms with Crippen molar-refractivity contribution in [2.24, 2.45) is 0 Å². The lowest BCUT2D eigenvalue weighted by Gasteiger charge is -2.20. The Labute approximate surface area is 148 Å². The number of esters is 1. The van der Waals surface area contributed by atoms with Gasteiger partial charge >= 0.3 is 5.97 Å². The zero-order valence-electron chi connectivity index (χ0n) is 13.7. The largest absolute Gasteiger partial charge is 0.459 e. The van der Waals surface area contributed by atoms with E-state index in [1.165, 1.54) is 43.3 Å². The summed E-state index contributed by atoms with van der Waals surface area (Å²) in [7, 11) is 0. The zero-order chi connectivity index (χ0) is 18.8. The van der Waals surface area contributed by atoms with Crippen molar-refractivity contribution < 1.29 is 24.0 Å². The summed E-state index contributed by atoms with van der Waals surface area (Å²) in [4.78, 5) is 47.9. The first-order valence-electron chi connectivity index (χ1n) is 7.77. The average molecular weight is 354 g/mol. The van der Waals surface area contributed by atoms with Gasteiger partial charge in [0.05, 0.1) is 16.1 Å². The third-order valence-corrected chi connectivity index (χ3v) is 4.08. The fourth-order valence-corrected chi connectivity index (χ4v) is 2.65. The number of nitro benzene ring substituents is 1. The van der Waals surface area contributed by atoms with Crippen LogP contribution in [0.3, 0.4) is 0 Å². The molecule has 1 atom stereocenters. The van der Waals surface area contributed by atoms with Gasteiger partial charge in [0.2, 0.25) is 0 Å². The quantitative estimate of drug-likeness (QED) is 0.353. The topological polar surface area (TPSA) is 107 Å². The van der Waals surface area contributed by atoms with Crippen molar-refractivity contribution in [3.05, 3.63) is 75.3 Å². The smallest absolute Gasteiger partial charge is 0.329 e. The summed E-state index contributed by atoms with van der Waals surface area (Å²) >= 11 is 0. The van der Waals surface area contributed by atoms with Crippen LogP contribution in [-0.4, -0.2) is 33.6 Å². The maximum atomic E-state index is 12.4. The predicted octanol–water partition coefficient (Wildman–Crippen LogP) is 2.32. The van der Waals surface area contributed by atoms with Crippen LogP contribution in [0.5, 0.6) is 0 Å². The number of amides is 2. The molecule has 26 heavy (non-hydrogen) atoms. The van der Waals surface area contributed by atoms with E-state index in [0.29, 0.717) is 5.56 Å². The van der Waals surface area contributed by atoms with Gasteiger partial charge in [-0.1, -0.05) is 12.1 Å². The lowest BCUT2D eigenvalue weighted by Crippen LogP contribution is -2.43. The first kappa shape index (κ1) is 17.3. The number of ether oxygens (including phenoxy) is 1. The first-order chi connectivity index (χ1) is 12.4. The molecule has 0 saturated heterocycles. The highest BCUT2D eigenvalue weighted by Crippen LogP contribution is 2.25. The molecule has 2 aromatic carbocycles. The van der Waals surface area contributed by atoms with E-state index in [9.17, 15) is 24.5 Å². The molecule has 8 heteroatoms. The van der Waals surface area contributed by atoms with Crippen molar-refractivity contribution in [1.82, 2.24) is 4.90 Å². The van der Waals surface area contributed by atoms with E-state index in [4.69, 9.17) is 4.74 Å². The van der Waals surface area contributed by atoms with E-state index in [2.05, 4.69) is 0 Å². The minimum atomic E-state index is -1.08. The number of non-ortho nitro benzene ring substituents is 1. The monoisotopic (exact) mass is 354 g/mol. The maximum Gasteiger partial charge on any atom is 0.329 e. The van der Waals surface area contributed by atoms with Gasteiger partial charge in [-0.15, -0.1) is 0 Å². The van der Waals surface area contributed by atoms with Crippen LogP contribution in [0.4, 0.5) is 5.69 Å². The molecule has 0 bridgehead atoms. The van der Waals surface area contributed by atoms with E-state index in [1.807, 2.05) is 0 Å². The number of fused-ring (bicyclic) bond motifs is 1. The Morgan fingerprint density at radius 1 is 1.08 bits per heavy atom. The Balaban J connectivity index is 1.66. The fourth-order valence-electron chi connectivity index (χ4n) is 2.65. The minimum Gasteiger partial charge on any atom is -0.459 e. The van der Waals surface area contributed by atoms with Crippen LogP contribution in [0.15, 0.2) is 48.5 Å². The number of benzene rings is 2. The summed E-state index contributed by atoms with van der Waals surface area (Å²) in [6.45, 7) is 1.30. The molecule has 0 fully saturated rings. The summed E-state index contributed by atoms with van der Waals surface area (Å²) in [5.41, 5.74) is 0.998. The van der Waals surface area contributed by atoms with E-state index in [0.717, 1.165) is 4.90 Å². The number of nitrogens with zero attached hydrogens (tertiary/aromatic N) is 2. The van der Waals surface area contributed by atoms with Crippen LogP contribution in [0.2, 0.25) is 0 Å². The molecule has 3 rings (SSSR count). The Bertz CT molecular complexity index is 871. The van der Waals surface area contributed by atoms with Gasteiger partial charge in [-0.25, -0.2) is 4.79 Å². The van der Waals surface area contributed by atoms with Gasteiger partial charge in [0, 0.05) is 12.1 Å². The molecule has 132 valence electrons. The number of carbonyl (C=O) groups excluding carboxylic acids is 3. The lowest BCUT2D eigenvalue weighted by atomic mass is 10.1. The van der Waals surface area contributed by atoms with Crippen LogP contribution in [0.25, 0.3) is 0 Å². The van der Waals surface area contributed by atoms with Crippen LogP contribution < -0.4 is 0 Å². The van der Waals surface area contributed by atoms with Gasteiger partial charge < -0.3 is 4.74 Å². The highest BCUT2D eigenvalue weighted by molar-refractivity contribution is 6.22. The number of hydrogen-bond donors (Lipinski definition) is 0. The van der Waals surface area contributed by atoms with Gasteiger partial charge in [-0.05, 0) is 36.8 Å². The molecule has 1 aliphatic heterocycles. The zero-order valence-corrected chi connectivity index (χ0v) is 13.7. The highest BCUT2D eigenvalue weighted by atomic mass is 16.6. The molecule has 0 N–H and O–H groups in total. The molecule has 8 nitrogen and oxygen atoms in total. The van der Waals surface area contributed by atoms with Crippen molar-refractivity contribution in [1.29, 1.82) is 0 Å². The van der Waals surface area contributed by atoms with Crippen LogP contribution in [0.1, 0.15) is 33.2 Å². The van der Waals surface area contributed by atoms with Gasteiger partial charge in [0.15, 0.2) is 0 Å². The average Bonchev–Trinajstić information content (AvgIpc) is 2.90. The Kier molecular flexibility index (Phi) is 4.49. The maximum absolute atomic E-state index is 12.4. The van der Waals surface area contributed by atoms with Crippen molar-refractivity contribution in [2.45, 2.75) is 19.6 Å². The number of hydrogen-bond acceptors (Lipinski definition) is 6. The number of nitro groups is 1. The second-order valence-electron chi connectivity index (χ2n) is 5.73. The first-order valence-corrected chi connectivity index (χ1v) is 7.77. The third kappa shape index (κ3) is 3.04. The van der Waals surface area contributed by atoms with E-state index < -0.39 is 28.7 Å². The van der Waals surface area contributed by atoms with Crippen LogP contribution >= 0.6 is 0 Å². The molecule has 0 spiro atoms. The van der Waals surface area contributed by atoms with E-state index in [-0.39, 0.29) is 23.4 Å². The molecule has 1 aliphatic rings. The van der Waals surface area contributed by atoms with Gasteiger partial charge in [0.1, 0.15) is 12.6 Å². The Morgan fingerprint density at radius 2 is 1.62 bits per heavy atom. The Morgan fingerprint density at radius 3 is 2.12 bits per heavy atom. The number of carbonyl (C=O) groups is 3. The summed E-state index contributed by atoms with van der Waals surface area (Å²) < 4.78 is 5.14. The molecule has 2 aromatic rings. The molecular formula is C18H14N2O6. The van der Waals surface area contributed by atoms with Gasteiger partial charge in [-0.2, -0.15) is 0 Å². The van der Waals surface area contributed by atoms with Crippen LogP contribution in [-0.2, 0) is 16.1 Å². The second-order valence-corrected chi connectivity index (χ2v) is 5.73. The fraction of sp³-hybridized carbons (Fsp3) is 0.167. The summed E-state index contributed by atoms with van der Waals surface area (Å²) in [5.74, 6) is -1.81. The van der Waals surface area contributed by atoms with Crippen molar-refractivity contribution in [3.63, 3.8) is 0 Å². The molecule has 0 radical (unpaired) electrons. The van der Waals surface area contributed by atoms with Crippen LogP contribution in [0, 0.1) is 10.1 Å². The molecule has 1 unspecified atom stereocenters. The van der Waals surface area contributed by atoms with E-state index >= 15 is 0 Å². The lowest BCUT2D eigenvalue weighted by molar-refractivity contribution is -0.384. The van der Waals surface area contributed by atoms with E-state index in [1.54, 1.807) is 12.1 Å². The molecule has 0 aromatic heterocycles. The molecule has 0 aliphatic carbocycles. The van der Waals surface area contributed by atoms with Gasteiger partial charge in [0.25, 0.3) is 17.5 Å². The molecular weight excluding hydrogens is 340 g/mol. The van der Waals surface area contributed by atoms with Crippen molar-refractivity contribution in [2.75, 3.05) is 0 Å². The standard InChI is InChI=1S/C18H14N2O6/c1-11(19-16(21)14-4-2-3-5-15(14)17(19)22)18(23)26-10-12-6-8-13(9-7-12)20(24)25/h2-9,11H,10H2,1H3. The molecule has 0 saturated carbocycles. The summed E-state index contributed by atoms with van der Waals surface area (Å²) in [6, 6.07) is 10.8. The highest BCUT2D eigenvalue weighted by Gasteiger charge is 2.41. The Hall–Kier alpha value is -3.55. The van der Waals surface area contributed by atoms with Crippen molar-refractivity contribution >= 4 is 23.5 Å². The minimum absolute atomic E-state index is 0.0699. The molecule has 2 amide bonds. The number of rotatable bonds is 5. The SMILES string of the molecule is CC(C(=O)OCc1ccc([N+](=O)[O-])cc1)N1C(=O)c2ccccc2C1=O. The predicted molar refractivity (Wildman–Crippen MR) is 89.3 cm³/mol. The number of imide groups is 1. The second kappa shape index (κ2) is 6.75. The summed E-state index contributed by atoms with van der Waals surface area (Å²) in [5, 5.41) is 10.6. The molecule has 1 heterocycles. The third-order valence-electron chi connectivity index (χ3n) is 4.08. The van der Waals surface area contributed by atoms with Gasteiger partial charge in [-0.3, -0.25) is 24.6 Å². The van der Waals surface area contributed by atoms with Crippen molar-refractivity contribution in [3.8, 4) is 0 Å².